The van der Waals surface area contributed by atoms with Gasteiger partial charge in [-0.2, -0.15) is 5.10 Å². The van der Waals surface area contributed by atoms with Gasteiger partial charge in [0.15, 0.2) is 0 Å². The van der Waals surface area contributed by atoms with E-state index in [2.05, 4.69) is 15.7 Å². The minimum atomic E-state index is -0.475. The standard InChI is InChI=1S/C18H24N4O3.ClH/c1-4-25-16(23)10-7-13-5-8-15(9-6-13)21-18(24)17(19-2)14-11-20-22(3)12-14;/h5-6,8-9,11-12,17,19H,4,7,10H2,1-3H3,(H,21,24);1H. The van der Waals surface area contributed by atoms with Crippen LogP contribution in [-0.2, 0) is 27.8 Å². The highest BCUT2D eigenvalue weighted by Gasteiger charge is 2.20. The van der Waals surface area contributed by atoms with E-state index in [0.717, 1.165) is 11.1 Å². The lowest BCUT2D eigenvalue weighted by Crippen LogP contribution is -2.30. The lowest BCUT2D eigenvalue weighted by atomic mass is 10.1. The molecule has 8 heteroatoms. The second kappa shape index (κ2) is 10.6. The van der Waals surface area contributed by atoms with E-state index in [1.54, 1.807) is 31.0 Å². The molecule has 0 bridgehead atoms. The first kappa shape index (κ1) is 21.7. The molecule has 1 aromatic heterocycles. The van der Waals surface area contributed by atoms with E-state index < -0.39 is 6.04 Å². The van der Waals surface area contributed by atoms with Crippen molar-refractivity contribution < 1.29 is 14.3 Å². The van der Waals surface area contributed by atoms with Crippen LogP contribution in [0, 0.1) is 0 Å². The molecule has 2 N–H and O–H groups in total. The summed E-state index contributed by atoms with van der Waals surface area (Å²) < 4.78 is 6.57. The van der Waals surface area contributed by atoms with Crippen molar-refractivity contribution in [3.8, 4) is 0 Å². The normalized spacial score (nSPS) is 11.3. The summed E-state index contributed by atoms with van der Waals surface area (Å²) in [5, 5.41) is 9.97. The van der Waals surface area contributed by atoms with Crippen LogP contribution < -0.4 is 10.6 Å². The van der Waals surface area contributed by atoms with Crippen LogP contribution in [0.5, 0.6) is 0 Å². The van der Waals surface area contributed by atoms with Crippen LogP contribution in [0.2, 0.25) is 0 Å². The summed E-state index contributed by atoms with van der Waals surface area (Å²) in [4.78, 5) is 23.8. The van der Waals surface area contributed by atoms with Gasteiger partial charge in [-0.15, -0.1) is 12.4 Å². The van der Waals surface area contributed by atoms with Crippen molar-refractivity contribution in [2.45, 2.75) is 25.8 Å². The van der Waals surface area contributed by atoms with Crippen LogP contribution in [0.3, 0.4) is 0 Å². The number of anilines is 1. The third-order valence-corrected chi connectivity index (χ3v) is 3.75. The zero-order valence-electron chi connectivity index (χ0n) is 15.2. The topological polar surface area (TPSA) is 85.2 Å². The van der Waals surface area contributed by atoms with E-state index in [4.69, 9.17) is 4.74 Å². The van der Waals surface area contributed by atoms with Gasteiger partial charge in [0.2, 0.25) is 5.91 Å². The molecular weight excluding hydrogens is 356 g/mol. The van der Waals surface area contributed by atoms with Gasteiger partial charge in [-0.3, -0.25) is 14.3 Å². The molecule has 0 fully saturated rings. The Balaban J connectivity index is 0.00000338. The fourth-order valence-electron chi connectivity index (χ4n) is 2.49. The largest absolute Gasteiger partial charge is 0.466 e. The Kier molecular flexibility index (Phi) is 8.81. The highest BCUT2D eigenvalue weighted by molar-refractivity contribution is 5.95. The van der Waals surface area contributed by atoms with Crippen LogP contribution in [-0.4, -0.2) is 35.3 Å². The monoisotopic (exact) mass is 380 g/mol. The average Bonchev–Trinajstić information content (AvgIpc) is 3.01. The van der Waals surface area contributed by atoms with Gasteiger partial charge in [-0.25, -0.2) is 0 Å². The minimum Gasteiger partial charge on any atom is -0.466 e. The van der Waals surface area contributed by atoms with Crippen molar-refractivity contribution in [2.75, 3.05) is 19.0 Å². The van der Waals surface area contributed by atoms with E-state index in [-0.39, 0.29) is 24.3 Å². The number of halogens is 1. The molecule has 26 heavy (non-hydrogen) atoms. The Morgan fingerprint density at radius 3 is 2.50 bits per heavy atom. The number of aromatic nitrogens is 2. The lowest BCUT2D eigenvalue weighted by Gasteiger charge is -2.14. The lowest BCUT2D eigenvalue weighted by molar-refractivity contribution is -0.143. The maximum atomic E-state index is 12.5. The molecule has 1 amide bonds. The van der Waals surface area contributed by atoms with Gasteiger partial charge in [0.1, 0.15) is 6.04 Å². The summed E-state index contributed by atoms with van der Waals surface area (Å²) in [6.45, 7) is 2.19. The SMILES string of the molecule is CCOC(=O)CCc1ccc(NC(=O)C(NC)c2cnn(C)c2)cc1.Cl. The average molecular weight is 381 g/mol. The van der Waals surface area contributed by atoms with Crippen molar-refractivity contribution in [3.05, 3.63) is 47.8 Å². The number of nitrogens with zero attached hydrogens (tertiary/aromatic N) is 2. The molecule has 1 atom stereocenters. The van der Waals surface area contributed by atoms with Crippen molar-refractivity contribution in [2.24, 2.45) is 7.05 Å². The Labute approximate surface area is 159 Å². The first-order valence-electron chi connectivity index (χ1n) is 8.24. The van der Waals surface area contributed by atoms with Crippen LogP contribution in [0.25, 0.3) is 0 Å². The third kappa shape index (κ3) is 6.16. The zero-order chi connectivity index (χ0) is 18.2. The number of aryl methyl sites for hydroxylation is 2. The number of esters is 1. The van der Waals surface area contributed by atoms with Crippen molar-refractivity contribution in [1.29, 1.82) is 0 Å². The molecule has 0 aliphatic rings. The minimum absolute atomic E-state index is 0. The molecular formula is C18H25ClN4O3. The quantitative estimate of drug-likeness (QED) is 0.686. The summed E-state index contributed by atoms with van der Waals surface area (Å²) in [7, 11) is 3.54. The van der Waals surface area contributed by atoms with Crippen LogP contribution in [0.4, 0.5) is 5.69 Å². The van der Waals surface area contributed by atoms with Gasteiger partial charge in [0.05, 0.1) is 12.8 Å². The summed E-state index contributed by atoms with van der Waals surface area (Å²) in [5.74, 6) is -0.358. The van der Waals surface area contributed by atoms with Crippen LogP contribution in [0.1, 0.15) is 30.5 Å². The highest BCUT2D eigenvalue weighted by Crippen LogP contribution is 2.16. The molecule has 1 heterocycles. The smallest absolute Gasteiger partial charge is 0.306 e. The van der Waals surface area contributed by atoms with Gasteiger partial charge in [-0.05, 0) is 38.1 Å². The Hall–Kier alpha value is -2.38. The Morgan fingerprint density at radius 1 is 1.27 bits per heavy atom. The fourth-order valence-corrected chi connectivity index (χ4v) is 2.49. The molecule has 1 unspecified atom stereocenters. The van der Waals surface area contributed by atoms with Gasteiger partial charge >= 0.3 is 5.97 Å². The van der Waals surface area contributed by atoms with Gasteiger partial charge in [0, 0.05) is 30.9 Å². The van der Waals surface area contributed by atoms with Crippen LogP contribution in [0.15, 0.2) is 36.7 Å². The number of hydrogen-bond donors (Lipinski definition) is 2. The number of hydrogen-bond acceptors (Lipinski definition) is 5. The van der Waals surface area contributed by atoms with Crippen molar-refractivity contribution >= 4 is 30.0 Å². The first-order valence-corrected chi connectivity index (χ1v) is 8.24. The van der Waals surface area contributed by atoms with E-state index >= 15 is 0 Å². The molecule has 0 radical (unpaired) electrons. The maximum absolute atomic E-state index is 12.5. The molecule has 0 aliphatic heterocycles. The highest BCUT2D eigenvalue weighted by atomic mass is 35.5. The number of likely N-dealkylation sites (N-methyl/N-ethyl adjacent to an activating group) is 1. The summed E-state index contributed by atoms with van der Waals surface area (Å²) in [6.07, 6.45) is 4.43. The second-order valence-corrected chi connectivity index (χ2v) is 5.66. The zero-order valence-corrected chi connectivity index (χ0v) is 16.0. The fraction of sp³-hybridized carbons (Fsp3) is 0.389. The predicted molar refractivity (Wildman–Crippen MR) is 102 cm³/mol. The number of carbonyl (C=O) groups excluding carboxylic acids is 2. The van der Waals surface area contributed by atoms with Gasteiger partial charge in [-0.1, -0.05) is 12.1 Å². The van der Waals surface area contributed by atoms with Crippen molar-refractivity contribution in [1.82, 2.24) is 15.1 Å². The number of rotatable bonds is 8. The van der Waals surface area contributed by atoms with E-state index in [9.17, 15) is 9.59 Å². The summed E-state index contributed by atoms with van der Waals surface area (Å²) in [6, 6.07) is 6.97. The molecule has 0 saturated heterocycles. The molecule has 7 nitrogen and oxygen atoms in total. The van der Waals surface area contributed by atoms with E-state index in [0.29, 0.717) is 25.1 Å². The van der Waals surface area contributed by atoms with Crippen molar-refractivity contribution in [3.63, 3.8) is 0 Å². The molecule has 2 aromatic rings. The van der Waals surface area contributed by atoms with E-state index in [1.807, 2.05) is 31.3 Å². The maximum Gasteiger partial charge on any atom is 0.306 e. The van der Waals surface area contributed by atoms with Crippen LogP contribution >= 0.6 is 12.4 Å². The summed E-state index contributed by atoms with van der Waals surface area (Å²) >= 11 is 0. The number of benzene rings is 1. The molecule has 0 aliphatic carbocycles. The van der Waals surface area contributed by atoms with E-state index in [1.165, 1.54) is 0 Å². The van der Waals surface area contributed by atoms with Gasteiger partial charge < -0.3 is 15.4 Å². The molecule has 2 rings (SSSR count). The Morgan fingerprint density at radius 2 is 1.96 bits per heavy atom. The summed E-state index contributed by atoms with van der Waals surface area (Å²) in [5.41, 5.74) is 2.52. The molecule has 0 spiro atoms. The third-order valence-electron chi connectivity index (χ3n) is 3.75. The number of ether oxygens (including phenoxy) is 1. The Bertz CT molecular complexity index is 715. The predicted octanol–water partition coefficient (Wildman–Crippen LogP) is 2.24. The first-order chi connectivity index (χ1) is 12.0. The van der Waals surface area contributed by atoms with Gasteiger partial charge in [0.25, 0.3) is 0 Å². The molecule has 142 valence electrons. The number of carbonyl (C=O) groups is 2. The number of amides is 1. The second-order valence-electron chi connectivity index (χ2n) is 5.66. The number of nitrogens with one attached hydrogen (secondary N) is 2. The molecule has 0 saturated carbocycles. The molecule has 1 aromatic carbocycles.